The quantitative estimate of drug-likeness (QED) is 0.734. The molecule has 2 atom stereocenters. The van der Waals surface area contributed by atoms with Gasteiger partial charge in [0.05, 0.1) is 0 Å². The van der Waals surface area contributed by atoms with Gasteiger partial charge in [0.2, 0.25) is 0 Å². The summed E-state index contributed by atoms with van der Waals surface area (Å²) in [6.45, 7) is 0.411. The van der Waals surface area contributed by atoms with E-state index in [2.05, 4.69) is 0 Å². The zero-order valence-electron chi connectivity index (χ0n) is 9.25. The van der Waals surface area contributed by atoms with Crippen LogP contribution in [0.15, 0.2) is 0 Å². The highest BCUT2D eigenvalue weighted by molar-refractivity contribution is 4.83. The first-order valence-electron chi connectivity index (χ1n) is 6.52. The van der Waals surface area contributed by atoms with Gasteiger partial charge in [-0.3, -0.25) is 0 Å². The molecule has 2 saturated carbocycles. The highest BCUT2D eigenvalue weighted by Crippen LogP contribution is 2.43. The molecule has 0 aromatic carbocycles. The minimum atomic E-state index is 0.411. The van der Waals surface area contributed by atoms with E-state index in [-0.39, 0.29) is 0 Å². The third kappa shape index (κ3) is 2.31. The number of hydrogen-bond donors (Lipinski definition) is 1. The van der Waals surface area contributed by atoms with Crippen LogP contribution in [0.2, 0.25) is 0 Å². The molecule has 0 radical (unpaired) electrons. The van der Waals surface area contributed by atoms with Crippen LogP contribution in [0.3, 0.4) is 0 Å². The molecule has 0 spiro atoms. The molecule has 0 bridgehead atoms. The molecule has 0 aliphatic heterocycles. The average molecular weight is 196 g/mol. The lowest BCUT2D eigenvalue weighted by Crippen LogP contribution is -2.26. The Bertz CT molecular complexity index is 159. The van der Waals surface area contributed by atoms with Crippen LogP contribution in [0.25, 0.3) is 0 Å². The molecule has 2 aliphatic carbocycles. The van der Waals surface area contributed by atoms with Crippen molar-refractivity contribution in [3.8, 4) is 0 Å². The van der Waals surface area contributed by atoms with Gasteiger partial charge < -0.3 is 5.11 Å². The van der Waals surface area contributed by atoms with Crippen molar-refractivity contribution < 1.29 is 5.11 Å². The average Bonchev–Trinajstić information content (AvgIpc) is 2.72. The molecule has 14 heavy (non-hydrogen) atoms. The fourth-order valence-corrected chi connectivity index (χ4v) is 3.77. The zero-order valence-corrected chi connectivity index (χ0v) is 9.25. The summed E-state index contributed by atoms with van der Waals surface area (Å²) in [5, 5.41) is 9.08. The van der Waals surface area contributed by atoms with E-state index in [0.717, 1.165) is 24.2 Å². The highest BCUT2D eigenvalue weighted by atomic mass is 16.3. The van der Waals surface area contributed by atoms with E-state index < -0.39 is 0 Å². The van der Waals surface area contributed by atoms with E-state index in [1.54, 1.807) is 0 Å². The lowest BCUT2D eigenvalue weighted by Gasteiger charge is -2.35. The first-order valence-corrected chi connectivity index (χ1v) is 6.52. The van der Waals surface area contributed by atoms with Crippen molar-refractivity contribution in [2.24, 2.45) is 17.8 Å². The van der Waals surface area contributed by atoms with Crippen molar-refractivity contribution in [1.82, 2.24) is 0 Å². The Hall–Kier alpha value is -0.0400. The van der Waals surface area contributed by atoms with Gasteiger partial charge in [0, 0.05) is 6.61 Å². The molecule has 0 aromatic rings. The third-order valence-corrected chi connectivity index (χ3v) is 4.47. The fraction of sp³-hybridized carbons (Fsp3) is 1.00. The molecule has 0 amide bonds. The first kappa shape index (κ1) is 10.5. The van der Waals surface area contributed by atoms with Crippen LogP contribution in [0, 0.1) is 17.8 Å². The van der Waals surface area contributed by atoms with Crippen molar-refractivity contribution in [2.45, 2.75) is 57.8 Å². The predicted molar refractivity (Wildman–Crippen MR) is 59.1 cm³/mol. The SMILES string of the molecule is OCC[C@@H]1CCCC[C@@H]1C1CCCC1. The first-order chi connectivity index (χ1) is 6.92. The lowest BCUT2D eigenvalue weighted by atomic mass is 9.71. The highest BCUT2D eigenvalue weighted by Gasteiger charge is 2.32. The second-order valence-corrected chi connectivity index (χ2v) is 5.27. The molecule has 2 fully saturated rings. The van der Waals surface area contributed by atoms with Crippen LogP contribution in [0.4, 0.5) is 0 Å². The van der Waals surface area contributed by atoms with Crippen LogP contribution in [0.5, 0.6) is 0 Å². The van der Waals surface area contributed by atoms with Crippen molar-refractivity contribution in [1.29, 1.82) is 0 Å². The maximum Gasteiger partial charge on any atom is 0.0433 e. The summed E-state index contributed by atoms with van der Waals surface area (Å²) in [5.74, 6) is 2.85. The van der Waals surface area contributed by atoms with Gasteiger partial charge >= 0.3 is 0 Å². The lowest BCUT2D eigenvalue weighted by molar-refractivity contribution is 0.129. The summed E-state index contributed by atoms with van der Waals surface area (Å²) in [4.78, 5) is 0. The fourth-order valence-electron chi connectivity index (χ4n) is 3.77. The predicted octanol–water partition coefficient (Wildman–Crippen LogP) is 3.37. The molecule has 2 rings (SSSR count). The Morgan fingerprint density at radius 3 is 2.21 bits per heavy atom. The van der Waals surface area contributed by atoms with E-state index in [1.807, 2.05) is 0 Å². The summed E-state index contributed by atoms with van der Waals surface area (Å²) in [6.07, 6.45) is 12.7. The molecule has 82 valence electrons. The molecular formula is C13H24O. The molecular weight excluding hydrogens is 172 g/mol. The number of hydrogen-bond acceptors (Lipinski definition) is 1. The summed E-state index contributed by atoms with van der Waals surface area (Å²) in [7, 11) is 0. The third-order valence-electron chi connectivity index (χ3n) is 4.47. The van der Waals surface area contributed by atoms with Gasteiger partial charge in [-0.1, -0.05) is 44.9 Å². The maximum absolute atomic E-state index is 9.08. The normalized spacial score (nSPS) is 34.9. The van der Waals surface area contributed by atoms with Crippen molar-refractivity contribution >= 4 is 0 Å². The minimum Gasteiger partial charge on any atom is -0.396 e. The summed E-state index contributed by atoms with van der Waals surface area (Å²) >= 11 is 0. The molecule has 1 heteroatoms. The van der Waals surface area contributed by atoms with E-state index in [4.69, 9.17) is 5.11 Å². The molecule has 0 aromatic heterocycles. The van der Waals surface area contributed by atoms with Crippen LogP contribution in [-0.4, -0.2) is 11.7 Å². The van der Waals surface area contributed by atoms with Gasteiger partial charge in [-0.15, -0.1) is 0 Å². The van der Waals surface area contributed by atoms with Crippen LogP contribution >= 0.6 is 0 Å². The smallest absolute Gasteiger partial charge is 0.0433 e. The summed E-state index contributed by atoms with van der Waals surface area (Å²) < 4.78 is 0. The van der Waals surface area contributed by atoms with Crippen molar-refractivity contribution in [2.75, 3.05) is 6.61 Å². The van der Waals surface area contributed by atoms with Gasteiger partial charge in [0.1, 0.15) is 0 Å². The number of rotatable bonds is 3. The largest absolute Gasteiger partial charge is 0.396 e. The van der Waals surface area contributed by atoms with Gasteiger partial charge in [0.25, 0.3) is 0 Å². The second kappa shape index (κ2) is 5.16. The van der Waals surface area contributed by atoms with E-state index in [9.17, 15) is 0 Å². The number of aliphatic hydroxyl groups is 1. The van der Waals surface area contributed by atoms with Crippen molar-refractivity contribution in [3.63, 3.8) is 0 Å². The van der Waals surface area contributed by atoms with E-state index >= 15 is 0 Å². The minimum absolute atomic E-state index is 0.411. The molecule has 1 N–H and O–H groups in total. The second-order valence-electron chi connectivity index (χ2n) is 5.27. The van der Waals surface area contributed by atoms with Gasteiger partial charge in [-0.05, 0) is 30.6 Å². The van der Waals surface area contributed by atoms with Crippen molar-refractivity contribution in [3.05, 3.63) is 0 Å². The Labute approximate surface area is 87.9 Å². The Balaban J connectivity index is 1.91. The van der Waals surface area contributed by atoms with Crippen LogP contribution in [-0.2, 0) is 0 Å². The van der Waals surface area contributed by atoms with Gasteiger partial charge in [-0.25, -0.2) is 0 Å². The number of aliphatic hydroxyl groups excluding tert-OH is 1. The Morgan fingerprint density at radius 1 is 0.857 bits per heavy atom. The van der Waals surface area contributed by atoms with Crippen LogP contribution in [0.1, 0.15) is 57.8 Å². The molecule has 0 heterocycles. The molecule has 0 unspecified atom stereocenters. The molecule has 2 aliphatic rings. The Morgan fingerprint density at radius 2 is 1.50 bits per heavy atom. The zero-order chi connectivity index (χ0) is 9.80. The topological polar surface area (TPSA) is 20.2 Å². The monoisotopic (exact) mass is 196 g/mol. The summed E-state index contributed by atoms with van der Waals surface area (Å²) in [6, 6.07) is 0. The van der Waals surface area contributed by atoms with Gasteiger partial charge in [-0.2, -0.15) is 0 Å². The molecule has 1 nitrogen and oxygen atoms in total. The molecule has 0 saturated heterocycles. The Kier molecular flexibility index (Phi) is 3.86. The van der Waals surface area contributed by atoms with Crippen LogP contribution < -0.4 is 0 Å². The van der Waals surface area contributed by atoms with E-state index in [1.165, 1.54) is 51.4 Å². The standard InChI is InChI=1S/C13H24O/c14-10-9-12-7-3-4-8-13(12)11-5-1-2-6-11/h11-14H,1-10H2/t12-,13+/m0/s1. The summed E-state index contributed by atoms with van der Waals surface area (Å²) in [5.41, 5.74) is 0. The van der Waals surface area contributed by atoms with Gasteiger partial charge in [0.15, 0.2) is 0 Å². The maximum atomic E-state index is 9.08. The van der Waals surface area contributed by atoms with E-state index in [0.29, 0.717) is 6.61 Å².